The Labute approximate surface area is 137 Å². The van der Waals surface area contributed by atoms with Crippen LogP contribution in [0.3, 0.4) is 0 Å². The van der Waals surface area contributed by atoms with Crippen LogP contribution in [-0.2, 0) is 11.1 Å². The van der Waals surface area contributed by atoms with Gasteiger partial charge >= 0.3 is 0 Å². The molecule has 0 aromatic carbocycles. The van der Waals surface area contributed by atoms with Crippen LogP contribution in [0.2, 0.25) is 0 Å². The molecule has 0 aliphatic rings. The second-order valence-corrected chi connectivity index (χ2v) is 7.90. The molecule has 2 aromatic heterocycles. The minimum absolute atomic E-state index is 0.0328. The van der Waals surface area contributed by atoms with E-state index in [9.17, 15) is 0 Å². The fourth-order valence-electron chi connectivity index (χ4n) is 2.11. The summed E-state index contributed by atoms with van der Waals surface area (Å²) in [7, 11) is 1.93. The lowest BCUT2D eigenvalue weighted by atomic mass is 10.1. The highest BCUT2D eigenvalue weighted by atomic mass is 32.1. The van der Waals surface area contributed by atoms with Gasteiger partial charge in [0, 0.05) is 23.5 Å². The number of aromatic nitrogens is 4. The number of nitrogens with zero attached hydrogens (tertiary/aromatic N) is 4. The molecule has 0 saturated carbocycles. The molecule has 0 bridgehead atoms. The van der Waals surface area contributed by atoms with Crippen molar-refractivity contribution in [1.29, 1.82) is 0 Å². The highest BCUT2D eigenvalue weighted by Crippen LogP contribution is 2.16. The van der Waals surface area contributed by atoms with Gasteiger partial charge in [0.2, 0.25) is 0 Å². The van der Waals surface area contributed by atoms with Crippen molar-refractivity contribution >= 4 is 32.0 Å². The number of hydrogen-bond donors (Lipinski definition) is 0. The summed E-state index contributed by atoms with van der Waals surface area (Å²) in [6.07, 6.45) is 7.93. The van der Waals surface area contributed by atoms with Gasteiger partial charge in [0.1, 0.15) is 9.54 Å². The molecule has 0 saturated heterocycles. The SMILES string of the molecule is CC(C)(C)n1ccn([B-]n2ccn(C(C)(C)C)c2=S)c1=S. The molecule has 0 spiro atoms. The zero-order chi connectivity index (χ0) is 16.0. The quantitative estimate of drug-likeness (QED) is 0.619. The van der Waals surface area contributed by atoms with Crippen LogP contribution in [0.25, 0.3) is 0 Å². The fraction of sp³-hybridized carbons (Fsp3) is 0.571. The van der Waals surface area contributed by atoms with Crippen LogP contribution in [0.1, 0.15) is 41.5 Å². The van der Waals surface area contributed by atoms with E-state index in [2.05, 4.69) is 50.7 Å². The lowest BCUT2D eigenvalue weighted by molar-refractivity contribution is 0.390. The minimum atomic E-state index is -0.0328. The van der Waals surface area contributed by atoms with E-state index >= 15 is 0 Å². The predicted octanol–water partition coefficient (Wildman–Crippen LogP) is 3.79. The minimum Gasteiger partial charge on any atom is -0.541 e. The molecule has 2 rings (SSSR count). The molecule has 0 aliphatic heterocycles. The van der Waals surface area contributed by atoms with E-state index in [0.717, 1.165) is 9.54 Å². The Morgan fingerprint density at radius 2 is 1.05 bits per heavy atom. The third-order valence-electron chi connectivity index (χ3n) is 3.30. The summed E-state index contributed by atoms with van der Waals surface area (Å²) >= 11 is 11.1. The first kappa shape index (κ1) is 16.3. The maximum absolute atomic E-state index is 5.54. The number of rotatable bonds is 2. The van der Waals surface area contributed by atoms with Crippen molar-refractivity contribution < 1.29 is 0 Å². The predicted molar refractivity (Wildman–Crippen MR) is 93.1 cm³/mol. The summed E-state index contributed by atoms with van der Waals surface area (Å²) in [6, 6.07) is 0. The molecular formula is C14H22BN4S2-. The second-order valence-electron chi connectivity index (χ2n) is 7.17. The van der Waals surface area contributed by atoms with Gasteiger partial charge in [0.05, 0.1) is 0 Å². The molecule has 4 nitrogen and oxygen atoms in total. The number of imidazole rings is 2. The average molecular weight is 321 g/mol. The molecule has 0 atom stereocenters. The Hall–Kier alpha value is -1.08. The Morgan fingerprint density at radius 1 is 0.714 bits per heavy atom. The van der Waals surface area contributed by atoms with Crippen LogP contribution < -0.4 is 0 Å². The van der Waals surface area contributed by atoms with Gasteiger partial charge in [-0.25, -0.2) is 0 Å². The van der Waals surface area contributed by atoms with E-state index in [1.54, 1.807) is 0 Å². The van der Waals surface area contributed by atoms with Crippen molar-refractivity contribution in [2.45, 2.75) is 52.6 Å². The largest absolute Gasteiger partial charge is 0.541 e. The van der Waals surface area contributed by atoms with E-state index < -0.39 is 0 Å². The maximum Gasteiger partial charge on any atom is 0.136 e. The Bertz CT molecular complexity index is 685. The van der Waals surface area contributed by atoms with Gasteiger partial charge in [-0.05, 0) is 78.4 Å². The lowest BCUT2D eigenvalue weighted by Crippen LogP contribution is -2.24. The van der Waals surface area contributed by atoms with Crippen molar-refractivity contribution in [3.05, 3.63) is 34.3 Å². The van der Waals surface area contributed by atoms with Gasteiger partial charge in [0.15, 0.2) is 0 Å². The first-order chi connectivity index (χ1) is 9.51. The Balaban J connectivity index is 2.37. The highest BCUT2D eigenvalue weighted by molar-refractivity contribution is 7.71. The van der Waals surface area contributed by atoms with E-state index in [0.29, 0.717) is 0 Å². The standard InChI is InChI=1S/C14H22BN4S2/c1-13(2,3)16-7-9-18(11(16)20)15-19-10-8-17(12(19)21)14(4,5)6/h7-10H,1-6H3/q-1. The topological polar surface area (TPSA) is 19.7 Å². The molecule has 0 aliphatic carbocycles. The normalized spacial score (nSPS) is 12.9. The highest BCUT2D eigenvalue weighted by Gasteiger charge is 2.14. The summed E-state index contributed by atoms with van der Waals surface area (Å²) in [5, 5.41) is 0. The molecule has 2 radical (unpaired) electrons. The second kappa shape index (κ2) is 5.28. The van der Waals surface area contributed by atoms with Crippen LogP contribution in [0.4, 0.5) is 0 Å². The summed E-state index contributed by atoms with van der Waals surface area (Å²) in [5.41, 5.74) is -0.0655. The molecular weight excluding hydrogens is 299 g/mol. The average Bonchev–Trinajstić information content (AvgIpc) is 2.83. The molecule has 21 heavy (non-hydrogen) atoms. The van der Waals surface area contributed by atoms with E-state index in [1.807, 2.05) is 41.3 Å². The van der Waals surface area contributed by atoms with Crippen LogP contribution in [0.5, 0.6) is 0 Å². The molecule has 0 N–H and O–H groups in total. The molecule has 2 heterocycles. The van der Waals surface area contributed by atoms with Gasteiger partial charge in [-0.2, -0.15) is 0 Å². The van der Waals surface area contributed by atoms with Gasteiger partial charge in [-0.15, -0.1) is 0 Å². The van der Waals surface area contributed by atoms with Gasteiger partial charge < -0.3 is 18.1 Å². The summed E-state index contributed by atoms with van der Waals surface area (Å²) in [6.45, 7) is 12.8. The van der Waals surface area contributed by atoms with E-state index in [1.165, 1.54) is 0 Å². The van der Waals surface area contributed by atoms with Gasteiger partial charge in [-0.1, -0.05) is 7.55 Å². The van der Waals surface area contributed by atoms with Crippen molar-refractivity contribution in [1.82, 2.24) is 18.1 Å². The first-order valence-electron chi connectivity index (χ1n) is 6.97. The molecule has 7 heteroatoms. The van der Waals surface area contributed by atoms with Crippen molar-refractivity contribution in [2.24, 2.45) is 0 Å². The Morgan fingerprint density at radius 3 is 1.29 bits per heavy atom. The molecule has 0 unspecified atom stereocenters. The molecule has 2 aromatic rings. The van der Waals surface area contributed by atoms with Crippen LogP contribution in [0.15, 0.2) is 24.8 Å². The summed E-state index contributed by atoms with van der Waals surface area (Å²) in [5.74, 6) is 0. The molecule has 114 valence electrons. The lowest BCUT2D eigenvalue weighted by Gasteiger charge is -2.25. The smallest absolute Gasteiger partial charge is 0.136 e. The van der Waals surface area contributed by atoms with Crippen LogP contribution in [-0.4, -0.2) is 25.6 Å². The monoisotopic (exact) mass is 321 g/mol. The van der Waals surface area contributed by atoms with Crippen LogP contribution >= 0.6 is 24.4 Å². The maximum atomic E-state index is 5.54. The van der Waals surface area contributed by atoms with Gasteiger partial charge in [0.25, 0.3) is 0 Å². The molecule has 0 amide bonds. The zero-order valence-corrected chi connectivity index (χ0v) is 15.1. The summed E-state index contributed by atoms with van der Waals surface area (Å²) < 4.78 is 9.50. The van der Waals surface area contributed by atoms with Gasteiger partial charge in [-0.3, -0.25) is 0 Å². The van der Waals surface area contributed by atoms with Crippen LogP contribution in [0, 0.1) is 9.54 Å². The van der Waals surface area contributed by atoms with E-state index in [4.69, 9.17) is 24.4 Å². The summed E-state index contributed by atoms with van der Waals surface area (Å²) in [4.78, 5) is 0. The van der Waals surface area contributed by atoms with E-state index in [-0.39, 0.29) is 11.1 Å². The van der Waals surface area contributed by atoms with Crippen molar-refractivity contribution in [2.75, 3.05) is 0 Å². The number of hydrogen-bond acceptors (Lipinski definition) is 2. The fourth-order valence-corrected chi connectivity index (χ4v) is 3.00. The molecule has 0 fully saturated rings. The first-order valence-corrected chi connectivity index (χ1v) is 7.78. The van der Waals surface area contributed by atoms with Crippen molar-refractivity contribution in [3.63, 3.8) is 0 Å². The van der Waals surface area contributed by atoms with Crippen molar-refractivity contribution in [3.8, 4) is 0 Å². The third-order valence-corrected chi connectivity index (χ3v) is 4.12. The zero-order valence-electron chi connectivity index (χ0n) is 13.5. The third kappa shape index (κ3) is 3.24. The Kier molecular flexibility index (Phi) is 4.10.